The lowest BCUT2D eigenvalue weighted by atomic mass is 9.61. The summed E-state index contributed by atoms with van der Waals surface area (Å²) in [7, 11) is 0. The summed E-state index contributed by atoms with van der Waals surface area (Å²) < 4.78 is 4.89. The first-order chi connectivity index (χ1) is 22.2. The first kappa shape index (κ1) is 29.9. The van der Waals surface area contributed by atoms with Gasteiger partial charge in [0.2, 0.25) is 0 Å². The number of rotatable bonds is 6. The Morgan fingerprint density at radius 1 is 0.587 bits per heavy atom. The van der Waals surface area contributed by atoms with Crippen LogP contribution in [0.15, 0.2) is 115 Å². The molecule has 5 aromatic carbocycles. The second kappa shape index (κ2) is 11.2. The van der Waals surface area contributed by atoms with Crippen molar-refractivity contribution in [3.05, 3.63) is 138 Å². The molecule has 2 unspecified atom stereocenters. The fraction of sp³-hybridized carbons (Fsp3) is 0.256. The predicted molar refractivity (Wildman–Crippen MR) is 191 cm³/mol. The van der Waals surface area contributed by atoms with Crippen molar-refractivity contribution in [1.29, 1.82) is 0 Å². The van der Waals surface area contributed by atoms with Crippen LogP contribution in [0.2, 0.25) is 0 Å². The van der Waals surface area contributed by atoms with Gasteiger partial charge in [-0.2, -0.15) is 4.57 Å². The number of hydrogen-bond acceptors (Lipinski definition) is 1. The number of hydrogen-bond donors (Lipinski definition) is 0. The smallest absolute Gasteiger partial charge is 0.189 e. The van der Waals surface area contributed by atoms with Gasteiger partial charge < -0.3 is 0 Å². The number of nitrogens with zero attached hydrogens (tertiary/aromatic N) is 3. The minimum Gasteiger partial charge on any atom is -0.189 e. The molecule has 0 radical (unpaired) electrons. The number of aryl methyl sites for hydroxylation is 3. The van der Waals surface area contributed by atoms with Crippen molar-refractivity contribution < 1.29 is 4.57 Å². The predicted octanol–water partition coefficient (Wildman–Crippen LogP) is 10.6. The lowest BCUT2D eigenvalue weighted by molar-refractivity contribution is -0.574. The standard InChI is InChI=1S/C43H44N3/c1-8-42(6)38-27-26-33(34-23-14-13-18-29(34)3)28-37(38)41-45(39-30(4)19-17-20-31(39)5)40(44-46(41)43(42,7)9-2)36-25-16-15-24-35(36)32-21-11-10-12-22-32/h10-28H,8-9H2,1-7H3/q+1. The highest BCUT2D eigenvalue weighted by Gasteiger charge is 2.57. The molecular formula is C43H44N3+. The van der Waals surface area contributed by atoms with E-state index in [0.717, 1.165) is 30.1 Å². The monoisotopic (exact) mass is 602 g/mol. The highest BCUT2D eigenvalue weighted by molar-refractivity contribution is 5.81. The molecule has 0 saturated heterocycles. The van der Waals surface area contributed by atoms with Gasteiger partial charge in [-0.05, 0) is 97.2 Å². The maximum Gasteiger partial charge on any atom is 0.314 e. The van der Waals surface area contributed by atoms with Crippen LogP contribution in [0.1, 0.15) is 62.8 Å². The third-order valence-corrected chi connectivity index (χ3v) is 11.1. The Balaban J connectivity index is 1.66. The number of para-hydroxylation sites is 1. The molecule has 2 atom stereocenters. The van der Waals surface area contributed by atoms with Crippen molar-refractivity contribution in [2.75, 3.05) is 0 Å². The molecule has 0 fully saturated rings. The molecule has 0 N–H and O–H groups in total. The van der Waals surface area contributed by atoms with Gasteiger partial charge in [-0.15, -0.1) is 0 Å². The highest BCUT2D eigenvalue weighted by atomic mass is 15.4. The molecule has 0 bridgehead atoms. The number of benzene rings is 5. The minimum atomic E-state index is -0.257. The molecule has 0 spiro atoms. The van der Waals surface area contributed by atoms with Crippen molar-refractivity contribution in [3.63, 3.8) is 0 Å². The van der Waals surface area contributed by atoms with E-state index in [-0.39, 0.29) is 11.0 Å². The summed E-state index contributed by atoms with van der Waals surface area (Å²) in [6.45, 7) is 16.2. The van der Waals surface area contributed by atoms with Crippen LogP contribution in [0.5, 0.6) is 0 Å². The molecule has 7 rings (SSSR count). The summed E-state index contributed by atoms with van der Waals surface area (Å²) in [5.41, 5.74) is 13.2. The fourth-order valence-corrected chi connectivity index (χ4v) is 7.96. The Labute approximate surface area is 274 Å². The molecule has 3 nitrogen and oxygen atoms in total. The van der Waals surface area contributed by atoms with E-state index in [1.165, 1.54) is 55.8 Å². The second-order valence-electron chi connectivity index (χ2n) is 13.4. The molecule has 0 aliphatic carbocycles. The first-order valence-electron chi connectivity index (χ1n) is 16.7. The quantitative estimate of drug-likeness (QED) is 0.174. The summed E-state index contributed by atoms with van der Waals surface area (Å²) in [4.78, 5) is 0. The van der Waals surface area contributed by atoms with Crippen LogP contribution in [0.25, 0.3) is 50.7 Å². The Hall–Kier alpha value is -4.76. The lowest BCUT2D eigenvalue weighted by Crippen LogP contribution is -2.54. The van der Waals surface area contributed by atoms with Crippen LogP contribution in [0, 0.1) is 20.8 Å². The van der Waals surface area contributed by atoms with Gasteiger partial charge in [0.15, 0.2) is 0 Å². The molecule has 1 aliphatic heterocycles. The zero-order valence-electron chi connectivity index (χ0n) is 28.2. The van der Waals surface area contributed by atoms with Crippen molar-refractivity contribution >= 4 is 0 Å². The summed E-state index contributed by atoms with van der Waals surface area (Å²) in [5.74, 6) is 2.12. The van der Waals surface area contributed by atoms with Crippen LogP contribution in [0.3, 0.4) is 0 Å². The van der Waals surface area contributed by atoms with Crippen LogP contribution in [0.4, 0.5) is 0 Å². The van der Waals surface area contributed by atoms with Gasteiger partial charge in [0, 0.05) is 10.5 Å². The summed E-state index contributed by atoms with van der Waals surface area (Å²) >= 11 is 0. The Kier molecular flexibility index (Phi) is 7.31. The zero-order chi connectivity index (χ0) is 32.2. The lowest BCUT2D eigenvalue weighted by Gasteiger charge is -2.46. The molecule has 0 saturated carbocycles. The fourth-order valence-electron chi connectivity index (χ4n) is 7.96. The first-order valence-corrected chi connectivity index (χ1v) is 16.7. The van der Waals surface area contributed by atoms with E-state index in [2.05, 4.69) is 173 Å². The second-order valence-corrected chi connectivity index (χ2v) is 13.4. The number of aromatic nitrogens is 3. The molecular weight excluding hydrogens is 558 g/mol. The van der Waals surface area contributed by atoms with Crippen molar-refractivity contribution in [1.82, 2.24) is 9.78 Å². The van der Waals surface area contributed by atoms with E-state index in [0.29, 0.717) is 0 Å². The van der Waals surface area contributed by atoms with Crippen LogP contribution >= 0.6 is 0 Å². The van der Waals surface area contributed by atoms with E-state index < -0.39 is 0 Å². The number of fused-ring (bicyclic) bond motifs is 3. The molecule has 46 heavy (non-hydrogen) atoms. The van der Waals surface area contributed by atoms with E-state index in [9.17, 15) is 0 Å². The van der Waals surface area contributed by atoms with Crippen LogP contribution in [-0.2, 0) is 11.0 Å². The van der Waals surface area contributed by atoms with Crippen molar-refractivity contribution in [2.45, 2.75) is 72.3 Å². The van der Waals surface area contributed by atoms with E-state index in [1.807, 2.05) is 0 Å². The third-order valence-electron chi connectivity index (χ3n) is 11.1. The van der Waals surface area contributed by atoms with Gasteiger partial charge >= 0.3 is 5.82 Å². The molecule has 1 aromatic heterocycles. The summed E-state index contributed by atoms with van der Waals surface area (Å²) in [6.07, 6.45) is 1.96. The van der Waals surface area contributed by atoms with Crippen molar-refractivity contribution in [2.24, 2.45) is 0 Å². The average Bonchev–Trinajstić information content (AvgIpc) is 3.48. The SMILES string of the molecule is CCC1(C)c2ccc(-c3ccccc3C)cc2-c2n(nc(-c3ccccc3-c3ccccc3)[n+]2-c2c(C)cccc2C)C1(C)CC. The van der Waals surface area contributed by atoms with Gasteiger partial charge in [-0.1, -0.05) is 129 Å². The molecule has 6 aromatic rings. The zero-order valence-corrected chi connectivity index (χ0v) is 28.2. The molecule has 3 heteroatoms. The van der Waals surface area contributed by atoms with E-state index in [1.54, 1.807) is 0 Å². The van der Waals surface area contributed by atoms with Gasteiger partial charge in [0.05, 0.1) is 11.1 Å². The van der Waals surface area contributed by atoms with Crippen LogP contribution < -0.4 is 4.57 Å². The Morgan fingerprint density at radius 2 is 1.20 bits per heavy atom. The maximum atomic E-state index is 5.73. The average molecular weight is 603 g/mol. The summed E-state index contributed by atoms with van der Waals surface area (Å²) in [6, 6.07) is 42.0. The Bertz CT molecular complexity index is 2070. The topological polar surface area (TPSA) is 21.7 Å². The van der Waals surface area contributed by atoms with Crippen molar-refractivity contribution in [3.8, 4) is 50.7 Å². The Morgan fingerprint density at radius 3 is 1.85 bits per heavy atom. The third kappa shape index (κ3) is 4.32. The molecule has 2 heterocycles. The highest BCUT2D eigenvalue weighted by Crippen LogP contribution is 2.54. The maximum absolute atomic E-state index is 5.73. The largest absolute Gasteiger partial charge is 0.314 e. The normalized spacial score (nSPS) is 18.7. The van der Waals surface area contributed by atoms with Gasteiger partial charge in [0.25, 0.3) is 5.82 Å². The van der Waals surface area contributed by atoms with E-state index in [4.69, 9.17) is 5.10 Å². The van der Waals surface area contributed by atoms with Gasteiger partial charge in [-0.25, -0.2) is 0 Å². The van der Waals surface area contributed by atoms with Crippen LogP contribution in [-0.4, -0.2) is 9.78 Å². The minimum absolute atomic E-state index is 0.130. The van der Waals surface area contributed by atoms with E-state index >= 15 is 0 Å². The molecule has 1 aliphatic rings. The molecule has 0 amide bonds. The molecule has 230 valence electrons. The van der Waals surface area contributed by atoms with Gasteiger partial charge in [0.1, 0.15) is 11.2 Å². The summed E-state index contributed by atoms with van der Waals surface area (Å²) in [5, 5.41) is 5.73. The van der Waals surface area contributed by atoms with Gasteiger partial charge in [-0.3, -0.25) is 0 Å².